The van der Waals surface area contributed by atoms with Crippen LogP contribution in [0, 0.1) is 0 Å². The van der Waals surface area contributed by atoms with Crippen molar-refractivity contribution in [2.75, 3.05) is 20.3 Å². The van der Waals surface area contributed by atoms with Gasteiger partial charge in [0.1, 0.15) is 12.4 Å². The molecule has 182 valence electrons. The minimum Gasteiger partial charge on any atom is -0.491 e. The maximum atomic E-state index is 12.6. The molecule has 0 fully saturated rings. The minimum atomic E-state index is -0.960. The number of aliphatic hydroxyl groups is 1. The number of alkyl carbamates (subject to hydrolysis) is 1. The molecule has 0 aliphatic carbocycles. The summed E-state index contributed by atoms with van der Waals surface area (Å²) in [5.41, 5.74) is 2.34. The summed E-state index contributed by atoms with van der Waals surface area (Å²) in [5, 5.41) is 19.8. The predicted octanol–water partition coefficient (Wildman–Crippen LogP) is 2.52. The van der Waals surface area contributed by atoms with E-state index in [-0.39, 0.29) is 13.2 Å². The second kappa shape index (κ2) is 14.4. The number of aliphatic hydroxyl groups excluding tert-OH is 1. The highest BCUT2D eigenvalue weighted by atomic mass is 16.6. The summed E-state index contributed by atoms with van der Waals surface area (Å²) in [6, 6.07) is 15.0. The normalized spacial score (nSPS) is 12.6. The Kier molecular flexibility index (Phi) is 11.3. The van der Waals surface area contributed by atoms with Gasteiger partial charge in [0.05, 0.1) is 12.7 Å². The van der Waals surface area contributed by atoms with Gasteiger partial charge in [-0.25, -0.2) is 10.3 Å². The number of nitrogens with one attached hydrogen (secondary N) is 2. The van der Waals surface area contributed by atoms with Gasteiger partial charge in [0.15, 0.2) is 6.10 Å². The molecule has 4 N–H and O–H groups in total. The number of amides is 3. The number of ether oxygens (including phenoxy) is 3. The summed E-state index contributed by atoms with van der Waals surface area (Å²) in [7, 11) is 1.45. The fourth-order valence-electron chi connectivity index (χ4n) is 3.08. The SMILES string of the molecule is CO[C@H](CC/C=C/C(=O)NO)[C@H](OC(=O)NC(=O)c1ccccc1)c1cccc(OCCO)c1. The number of hydrogen-bond acceptors (Lipinski definition) is 8. The van der Waals surface area contributed by atoms with E-state index in [1.807, 2.05) is 0 Å². The van der Waals surface area contributed by atoms with Crippen molar-refractivity contribution in [2.24, 2.45) is 0 Å². The number of carbonyl (C=O) groups is 3. The molecule has 0 heterocycles. The molecule has 2 aromatic carbocycles. The summed E-state index contributed by atoms with van der Waals surface area (Å²) in [6.45, 7) is -0.0743. The first kappa shape index (κ1) is 26.5. The molecule has 0 saturated heterocycles. The third kappa shape index (κ3) is 8.66. The predicted molar refractivity (Wildman–Crippen MR) is 121 cm³/mol. The fourth-order valence-corrected chi connectivity index (χ4v) is 3.08. The zero-order valence-corrected chi connectivity index (χ0v) is 18.7. The van der Waals surface area contributed by atoms with Gasteiger partial charge in [-0.2, -0.15) is 0 Å². The lowest BCUT2D eigenvalue weighted by atomic mass is 10.00. The zero-order valence-electron chi connectivity index (χ0n) is 18.7. The van der Waals surface area contributed by atoms with Crippen molar-refractivity contribution >= 4 is 17.9 Å². The first-order chi connectivity index (χ1) is 16.5. The minimum absolute atomic E-state index is 0.0897. The summed E-state index contributed by atoms with van der Waals surface area (Å²) >= 11 is 0. The van der Waals surface area contributed by atoms with Crippen LogP contribution in [0.2, 0.25) is 0 Å². The molecular formula is C24H28N2O8. The van der Waals surface area contributed by atoms with E-state index in [9.17, 15) is 14.4 Å². The lowest BCUT2D eigenvalue weighted by molar-refractivity contribution is -0.124. The molecule has 0 aromatic heterocycles. The molecule has 3 amide bonds. The highest BCUT2D eigenvalue weighted by Crippen LogP contribution is 2.29. The Labute approximate surface area is 197 Å². The molecule has 0 aliphatic heterocycles. The number of hydrogen-bond donors (Lipinski definition) is 4. The number of benzene rings is 2. The number of hydroxylamine groups is 1. The van der Waals surface area contributed by atoms with Crippen LogP contribution in [0.1, 0.15) is 34.9 Å². The average Bonchev–Trinajstić information content (AvgIpc) is 2.87. The highest BCUT2D eigenvalue weighted by Gasteiger charge is 2.28. The Morgan fingerprint density at radius 2 is 1.85 bits per heavy atom. The van der Waals surface area contributed by atoms with Crippen LogP contribution in [0.3, 0.4) is 0 Å². The Bertz CT molecular complexity index is 964. The standard InChI is InChI=1S/C24H28N2O8/c1-32-20(12-5-6-13-21(28)26-31)22(18-10-7-11-19(16-18)33-15-14-27)34-24(30)25-23(29)17-8-3-2-4-9-17/h2-4,6-11,13,16,20,22,27,31H,5,12,14-15H2,1H3,(H,26,28)(H,25,29,30)/b13-6+/t20-,22-/m1/s1. The number of carbonyl (C=O) groups excluding carboxylic acids is 3. The number of allylic oxidation sites excluding steroid dienone is 1. The van der Waals surface area contributed by atoms with Crippen LogP contribution in [-0.2, 0) is 14.3 Å². The van der Waals surface area contributed by atoms with Crippen molar-refractivity contribution in [3.63, 3.8) is 0 Å². The van der Waals surface area contributed by atoms with Gasteiger partial charge in [0.2, 0.25) is 0 Å². The molecule has 0 saturated carbocycles. The summed E-state index contributed by atoms with van der Waals surface area (Å²) in [5.74, 6) is -0.833. The molecule has 0 bridgehead atoms. The lowest BCUT2D eigenvalue weighted by Gasteiger charge is -2.26. The van der Waals surface area contributed by atoms with Gasteiger partial charge in [-0.15, -0.1) is 0 Å². The van der Waals surface area contributed by atoms with Gasteiger partial charge in [-0.1, -0.05) is 36.4 Å². The molecule has 34 heavy (non-hydrogen) atoms. The van der Waals surface area contributed by atoms with Gasteiger partial charge in [0.25, 0.3) is 11.8 Å². The van der Waals surface area contributed by atoms with Gasteiger partial charge in [-0.3, -0.25) is 20.1 Å². The molecule has 10 heteroatoms. The van der Waals surface area contributed by atoms with Gasteiger partial charge in [-0.05, 0) is 42.7 Å². The molecule has 2 rings (SSSR count). The van der Waals surface area contributed by atoms with Crippen LogP contribution in [0.4, 0.5) is 4.79 Å². The summed E-state index contributed by atoms with van der Waals surface area (Å²) in [6.07, 6.45) is 0.886. The summed E-state index contributed by atoms with van der Waals surface area (Å²) in [4.78, 5) is 36.1. The van der Waals surface area contributed by atoms with Crippen molar-refractivity contribution in [2.45, 2.75) is 25.0 Å². The average molecular weight is 472 g/mol. The smallest absolute Gasteiger partial charge is 0.414 e. The van der Waals surface area contributed by atoms with Crippen molar-refractivity contribution in [1.29, 1.82) is 0 Å². The van der Waals surface area contributed by atoms with E-state index in [0.29, 0.717) is 29.7 Å². The summed E-state index contributed by atoms with van der Waals surface area (Å²) < 4.78 is 16.6. The Morgan fingerprint density at radius 3 is 2.53 bits per heavy atom. The molecule has 0 spiro atoms. The van der Waals surface area contributed by atoms with Gasteiger partial charge >= 0.3 is 6.09 Å². The van der Waals surface area contributed by atoms with Crippen LogP contribution in [0.5, 0.6) is 5.75 Å². The first-order valence-electron chi connectivity index (χ1n) is 10.5. The Hall–Kier alpha value is -3.73. The van der Waals surface area contributed by atoms with E-state index in [4.69, 9.17) is 24.5 Å². The number of rotatable bonds is 12. The zero-order chi connectivity index (χ0) is 24.8. The van der Waals surface area contributed by atoms with Crippen molar-refractivity contribution < 1.29 is 38.9 Å². The molecular weight excluding hydrogens is 444 g/mol. The number of imide groups is 1. The van der Waals surface area contributed by atoms with Crippen LogP contribution in [-0.4, -0.2) is 54.6 Å². The second-order valence-electron chi connectivity index (χ2n) is 7.02. The quantitative estimate of drug-likeness (QED) is 0.210. The molecule has 2 atom stereocenters. The van der Waals surface area contributed by atoms with Gasteiger partial charge < -0.3 is 19.3 Å². The van der Waals surface area contributed by atoms with Crippen LogP contribution in [0.25, 0.3) is 0 Å². The second-order valence-corrected chi connectivity index (χ2v) is 7.02. The molecule has 0 unspecified atom stereocenters. The highest BCUT2D eigenvalue weighted by molar-refractivity contribution is 6.02. The van der Waals surface area contributed by atoms with E-state index >= 15 is 0 Å². The van der Waals surface area contributed by atoms with Gasteiger partial charge in [0, 0.05) is 18.7 Å². The number of methoxy groups -OCH3 is 1. The van der Waals surface area contributed by atoms with Crippen molar-refractivity contribution in [3.8, 4) is 5.75 Å². The van der Waals surface area contributed by atoms with E-state index in [2.05, 4.69) is 5.32 Å². The first-order valence-corrected chi connectivity index (χ1v) is 10.5. The largest absolute Gasteiger partial charge is 0.491 e. The van der Waals surface area contributed by atoms with E-state index in [1.165, 1.54) is 18.7 Å². The third-order valence-corrected chi connectivity index (χ3v) is 4.67. The van der Waals surface area contributed by atoms with Crippen molar-refractivity contribution in [1.82, 2.24) is 10.8 Å². The Balaban J connectivity index is 2.19. The maximum absolute atomic E-state index is 12.6. The molecule has 0 radical (unpaired) electrons. The molecule has 10 nitrogen and oxygen atoms in total. The van der Waals surface area contributed by atoms with Crippen LogP contribution in [0.15, 0.2) is 66.7 Å². The fraction of sp³-hybridized carbons (Fsp3) is 0.292. The van der Waals surface area contributed by atoms with Crippen LogP contribution < -0.4 is 15.5 Å². The lowest BCUT2D eigenvalue weighted by Crippen LogP contribution is -2.35. The topological polar surface area (TPSA) is 143 Å². The molecule has 2 aromatic rings. The van der Waals surface area contributed by atoms with E-state index < -0.39 is 30.1 Å². The van der Waals surface area contributed by atoms with Crippen molar-refractivity contribution in [3.05, 3.63) is 77.9 Å². The maximum Gasteiger partial charge on any atom is 0.414 e. The van der Waals surface area contributed by atoms with E-state index in [0.717, 1.165) is 6.08 Å². The Morgan fingerprint density at radius 1 is 1.09 bits per heavy atom. The van der Waals surface area contributed by atoms with E-state index in [1.54, 1.807) is 54.6 Å². The molecule has 0 aliphatic rings. The third-order valence-electron chi connectivity index (χ3n) is 4.67. The van der Waals surface area contributed by atoms with Crippen LogP contribution >= 0.6 is 0 Å². The monoisotopic (exact) mass is 472 g/mol.